The number of benzene rings is 2. The van der Waals surface area contributed by atoms with E-state index in [1.165, 1.54) is 7.11 Å². The zero-order valence-corrected chi connectivity index (χ0v) is 16.4. The van der Waals surface area contributed by atoms with E-state index < -0.39 is 10.7 Å². The Morgan fingerprint density at radius 3 is 2.59 bits per heavy atom. The number of methoxy groups -OCH3 is 1. The van der Waals surface area contributed by atoms with Gasteiger partial charge in [-0.2, -0.15) is 0 Å². The molecule has 3 aromatic rings. The van der Waals surface area contributed by atoms with Crippen molar-refractivity contribution in [3.05, 3.63) is 68.7 Å². The first-order valence-corrected chi connectivity index (χ1v) is 8.94. The summed E-state index contributed by atoms with van der Waals surface area (Å²) < 4.78 is 10.8. The highest BCUT2D eigenvalue weighted by Gasteiger charge is 2.24. The third kappa shape index (κ3) is 4.32. The summed E-state index contributed by atoms with van der Waals surface area (Å²) in [7, 11) is 1.52. The van der Waals surface area contributed by atoms with Crippen molar-refractivity contribution in [1.29, 1.82) is 0 Å². The van der Waals surface area contributed by atoms with Crippen LogP contribution in [0.5, 0.6) is 11.5 Å². The smallest absolute Gasteiger partial charge is 0.438 e. The molecule has 3 rings (SSSR count). The molecule has 0 atom stereocenters. The summed E-state index contributed by atoms with van der Waals surface area (Å²) in [5.41, 5.74) is 0.792. The lowest BCUT2D eigenvalue weighted by molar-refractivity contribution is -0.391. The van der Waals surface area contributed by atoms with Gasteiger partial charge < -0.3 is 24.8 Å². The molecule has 0 radical (unpaired) electrons. The highest BCUT2D eigenvalue weighted by molar-refractivity contribution is 6.30. The molecule has 0 bridgehead atoms. The van der Waals surface area contributed by atoms with E-state index >= 15 is 0 Å². The van der Waals surface area contributed by atoms with E-state index in [1.54, 1.807) is 42.5 Å². The molecule has 0 aliphatic carbocycles. The number of nitrogens with zero attached hydrogens (tertiary/aromatic N) is 5. The lowest BCUT2D eigenvalue weighted by atomic mass is 10.2. The number of nitro groups is 1. The van der Waals surface area contributed by atoms with Gasteiger partial charge in [0.2, 0.25) is 0 Å². The molecule has 0 spiro atoms. The second-order valence-electron chi connectivity index (χ2n) is 5.79. The van der Waals surface area contributed by atoms with Gasteiger partial charge in [-0.25, -0.2) is 0 Å². The standard InChI is InChI=1S/C18H18ClN5O5/c1-3-29-15-9-4-12(10-16(15)28-2)11-20-17-18(24(26)27)21-22(23(17)25)14-7-5-13(19)6-8-14/h4-10,25H,3,11H2,1-2H3. The predicted octanol–water partition coefficient (Wildman–Crippen LogP) is 2.98. The summed E-state index contributed by atoms with van der Waals surface area (Å²) in [5, 5.41) is 26.1. The van der Waals surface area contributed by atoms with Crippen molar-refractivity contribution in [2.75, 3.05) is 13.7 Å². The summed E-state index contributed by atoms with van der Waals surface area (Å²) in [6.07, 6.45) is 0. The largest absolute Gasteiger partial charge is 0.493 e. The summed E-state index contributed by atoms with van der Waals surface area (Å²) in [5.74, 6) is 0.514. The molecule has 1 aromatic heterocycles. The fraction of sp³-hybridized carbons (Fsp3) is 0.222. The molecule has 152 valence electrons. The average molecular weight is 420 g/mol. The number of ether oxygens (including phenoxy) is 2. The van der Waals surface area contributed by atoms with E-state index in [0.717, 1.165) is 4.80 Å². The Labute approximate surface area is 170 Å². The Bertz CT molecular complexity index is 1090. The molecular formula is C18H18ClN5O5. The number of hydrogen-bond acceptors (Lipinski definition) is 7. The maximum absolute atomic E-state index is 11.4. The van der Waals surface area contributed by atoms with Crippen LogP contribution >= 0.6 is 11.6 Å². The van der Waals surface area contributed by atoms with Crippen molar-refractivity contribution < 1.29 is 19.6 Å². The third-order valence-corrected chi connectivity index (χ3v) is 4.18. The van der Waals surface area contributed by atoms with Crippen LogP contribution in [0, 0.1) is 10.1 Å². The van der Waals surface area contributed by atoms with E-state index in [-0.39, 0.29) is 12.0 Å². The monoisotopic (exact) mass is 419 g/mol. The van der Waals surface area contributed by atoms with Crippen LogP contribution in [0.25, 0.3) is 5.69 Å². The maximum Gasteiger partial charge on any atom is 0.438 e. The van der Waals surface area contributed by atoms with Gasteiger partial charge in [0.1, 0.15) is 5.69 Å². The maximum atomic E-state index is 11.4. The summed E-state index contributed by atoms with van der Waals surface area (Å²) in [6, 6.07) is 11.5. The molecule has 0 amide bonds. The van der Waals surface area contributed by atoms with Gasteiger partial charge in [0.05, 0.1) is 25.4 Å². The first-order valence-electron chi connectivity index (χ1n) is 8.56. The van der Waals surface area contributed by atoms with Crippen molar-refractivity contribution >= 4 is 17.4 Å². The van der Waals surface area contributed by atoms with Gasteiger partial charge in [0.25, 0.3) is 5.49 Å². The van der Waals surface area contributed by atoms with Gasteiger partial charge in [0, 0.05) is 5.02 Å². The number of halogens is 1. The molecule has 0 saturated carbocycles. The quantitative estimate of drug-likeness (QED) is 0.357. The first-order chi connectivity index (χ1) is 13.9. The van der Waals surface area contributed by atoms with Crippen LogP contribution in [0.4, 0.5) is 5.82 Å². The SMILES string of the molecule is CCOc1ccc(CN=c2c([N+](=O)[O-])nn(-c3ccc(Cl)cc3)n2O)cc1OC. The predicted molar refractivity (Wildman–Crippen MR) is 104 cm³/mol. The van der Waals surface area contributed by atoms with E-state index in [9.17, 15) is 15.3 Å². The van der Waals surface area contributed by atoms with Crippen LogP contribution in [0.15, 0.2) is 47.5 Å². The van der Waals surface area contributed by atoms with Crippen molar-refractivity contribution in [2.24, 2.45) is 4.99 Å². The molecule has 0 saturated heterocycles. The van der Waals surface area contributed by atoms with Crippen molar-refractivity contribution in [1.82, 2.24) is 14.7 Å². The van der Waals surface area contributed by atoms with Crippen molar-refractivity contribution in [3.8, 4) is 17.2 Å². The average Bonchev–Trinajstić information content (AvgIpc) is 3.04. The Kier molecular flexibility index (Phi) is 6.03. The van der Waals surface area contributed by atoms with Gasteiger partial charge in [-0.3, -0.25) is 4.99 Å². The van der Waals surface area contributed by atoms with Gasteiger partial charge in [-0.05, 0) is 58.6 Å². The van der Waals surface area contributed by atoms with Crippen molar-refractivity contribution in [3.63, 3.8) is 0 Å². The lowest BCUT2D eigenvalue weighted by Gasteiger charge is -2.10. The topological polar surface area (TPSA) is 117 Å². The molecule has 0 unspecified atom stereocenters. The Morgan fingerprint density at radius 1 is 1.24 bits per heavy atom. The van der Waals surface area contributed by atoms with Gasteiger partial charge in [-0.1, -0.05) is 22.5 Å². The van der Waals surface area contributed by atoms with Crippen LogP contribution in [0.1, 0.15) is 12.5 Å². The highest BCUT2D eigenvalue weighted by Crippen LogP contribution is 2.28. The molecule has 0 aliphatic heterocycles. The van der Waals surface area contributed by atoms with Gasteiger partial charge >= 0.3 is 5.82 Å². The van der Waals surface area contributed by atoms with Gasteiger partial charge in [0.15, 0.2) is 11.5 Å². The number of aromatic nitrogens is 3. The second kappa shape index (κ2) is 8.65. The third-order valence-electron chi connectivity index (χ3n) is 3.93. The summed E-state index contributed by atoms with van der Waals surface area (Å²) >= 11 is 5.85. The lowest BCUT2D eigenvalue weighted by Crippen LogP contribution is -2.22. The van der Waals surface area contributed by atoms with Crippen LogP contribution in [0.3, 0.4) is 0 Å². The minimum Gasteiger partial charge on any atom is -0.493 e. The fourth-order valence-corrected chi connectivity index (χ4v) is 2.73. The van der Waals surface area contributed by atoms with Crippen LogP contribution < -0.4 is 15.0 Å². The summed E-state index contributed by atoms with van der Waals surface area (Å²) in [4.78, 5) is 16.3. The zero-order chi connectivity index (χ0) is 21.0. The minimum absolute atomic E-state index is 0.0521. The molecular weight excluding hydrogens is 402 g/mol. The van der Waals surface area contributed by atoms with Crippen LogP contribution in [0.2, 0.25) is 5.02 Å². The van der Waals surface area contributed by atoms with Crippen LogP contribution in [-0.2, 0) is 6.54 Å². The van der Waals surface area contributed by atoms with Crippen molar-refractivity contribution in [2.45, 2.75) is 13.5 Å². The van der Waals surface area contributed by atoms with Crippen LogP contribution in [-0.4, -0.2) is 38.6 Å². The Balaban J connectivity index is 2.00. The molecule has 1 heterocycles. The van der Waals surface area contributed by atoms with E-state index in [4.69, 9.17) is 21.1 Å². The van der Waals surface area contributed by atoms with E-state index in [1.807, 2.05) is 6.92 Å². The first kappa shape index (κ1) is 20.2. The zero-order valence-electron chi connectivity index (χ0n) is 15.6. The van der Waals surface area contributed by atoms with E-state index in [0.29, 0.717) is 39.2 Å². The molecule has 0 aliphatic rings. The van der Waals surface area contributed by atoms with Gasteiger partial charge in [-0.15, -0.1) is 0 Å². The summed E-state index contributed by atoms with van der Waals surface area (Å²) in [6.45, 7) is 2.40. The number of hydrogen-bond donors (Lipinski definition) is 1. The molecule has 0 fully saturated rings. The Morgan fingerprint density at radius 2 is 1.97 bits per heavy atom. The minimum atomic E-state index is -0.712. The molecule has 29 heavy (non-hydrogen) atoms. The molecule has 11 heteroatoms. The Hall–Kier alpha value is -3.53. The molecule has 1 N–H and O–H groups in total. The molecule has 2 aromatic carbocycles. The second-order valence-corrected chi connectivity index (χ2v) is 6.23. The normalized spacial score (nSPS) is 11.5. The number of rotatable bonds is 7. The highest BCUT2D eigenvalue weighted by atomic mass is 35.5. The molecule has 10 nitrogen and oxygen atoms in total. The fourth-order valence-electron chi connectivity index (χ4n) is 2.60. The van der Waals surface area contributed by atoms with E-state index in [2.05, 4.69) is 10.1 Å².